The monoisotopic (exact) mass is 482 g/mol. The Hall–Kier alpha value is -3.30. The molecule has 0 fully saturated rings. The van der Waals surface area contributed by atoms with Gasteiger partial charge in [0.2, 0.25) is 15.9 Å². The highest BCUT2D eigenvalue weighted by Gasteiger charge is 2.23. The van der Waals surface area contributed by atoms with Crippen molar-refractivity contribution in [3.63, 3.8) is 0 Å². The number of pyridine rings is 2. The molecule has 0 aliphatic carbocycles. The van der Waals surface area contributed by atoms with Crippen LogP contribution >= 0.6 is 0 Å². The molecule has 9 heteroatoms. The molecule has 1 aromatic carbocycles. The fourth-order valence-electron chi connectivity index (χ4n) is 3.68. The van der Waals surface area contributed by atoms with E-state index in [9.17, 15) is 18.0 Å². The average Bonchev–Trinajstić information content (AvgIpc) is 2.82. The lowest BCUT2D eigenvalue weighted by molar-refractivity contribution is -0.133. The highest BCUT2D eigenvalue weighted by Crippen LogP contribution is 2.16. The topological polar surface area (TPSA) is 92.6 Å². The molecule has 0 unspecified atom stereocenters. The van der Waals surface area contributed by atoms with Crippen LogP contribution in [-0.2, 0) is 34.5 Å². The smallest absolute Gasteiger partial charge is 0.251 e. The Kier molecular flexibility index (Phi) is 8.36. The largest absolute Gasteiger partial charge is 0.332 e. The highest BCUT2D eigenvalue weighted by molar-refractivity contribution is 7.89. The lowest BCUT2D eigenvalue weighted by Crippen LogP contribution is -2.36. The van der Waals surface area contributed by atoms with E-state index in [-0.39, 0.29) is 17.3 Å². The maximum absolute atomic E-state index is 13.4. The normalized spacial score (nSPS) is 11.5. The van der Waals surface area contributed by atoms with Crippen LogP contribution in [-0.4, -0.2) is 46.2 Å². The van der Waals surface area contributed by atoms with Crippen LogP contribution in [0, 0.1) is 6.92 Å². The summed E-state index contributed by atoms with van der Waals surface area (Å²) in [4.78, 5) is 31.7. The van der Waals surface area contributed by atoms with Gasteiger partial charge in [0.15, 0.2) is 0 Å². The Balaban J connectivity index is 1.91. The molecule has 0 radical (unpaired) electrons. The molecule has 0 atom stereocenters. The molecule has 0 N–H and O–H groups in total. The SMILES string of the molecule is CCN(CC)S(=O)(=O)c1ccc(=O)n(CC(=O)N(Cc2cccnc2)Cc2ccccc2C)c1. The highest BCUT2D eigenvalue weighted by atomic mass is 32.2. The van der Waals surface area contributed by atoms with Crippen LogP contribution in [0.2, 0.25) is 0 Å². The summed E-state index contributed by atoms with van der Waals surface area (Å²) in [6.45, 7) is 6.50. The van der Waals surface area contributed by atoms with Gasteiger partial charge in [-0.25, -0.2) is 8.42 Å². The number of sulfonamides is 1. The van der Waals surface area contributed by atoms with E-state index in [1.165, 1.54) is 22.6 Å². The summed E-state index contributed by atoms with van der Waals surface area (Å²) in [5, 5.41) is 0. The molecule has 0 saturated heterocycles. The molecule has 0 aliphatic rings. The van der Waals surface area contributed by atoms with Gasteiger partial charge in [-0.1, -0.05) is 44.2 Å². The number of nitrogens with zero attached hydrogens (tertiary/aromatic N) is 4. The summed E-state index contributed by atoms with van der Waals surface area (Å²) in [7, 11) is -3.76. The molecule has 180 valence electrons. The summed E-state index contributed by atoms with van der Waals surface area (Å²) in [5.41, 5.74) is 2.46. The van der Waals surface area contributed by atoms with Gasteiger partial charge < -0.3 is 9.47 Å². The Bertz CT molecular complexity index is 1290. The first-order valence-corrected chi connectivity index (χ1v) is 12.6. The van der Waals surface area contributed by atoms with Gasteiger partial charge >= 0.3 is 0 Å². The zero-order chi connectivity index (χ0) is 24.7. The lowest BCUT2D eigenvalue weighted by Gasteiger charge is -2.24. The molecule has 0 saturated carbocycles. The van der Waals surface area contributed by atoms with E-state index >= 15 is 0 Å². The number of aromatic nitrogens is 2. The number of carbonyl (C=O) groups excluding carboxylic acids is 1. The molecule has 8 nitrogen and oxygen atoms in total. The van der Waals surface area contributed by atoms with Crippen molar-refractivity contribution in [2.45, 2.75) is 45.3 Å². The number of aryl methyl sites for hydroxylation is 1. The van der Waals surface area contributed by atoms with E-state index in [0.717, 1.165) is 21.3 Å². The minimum Gasteiger partial charge on any atom is -0.332 e. The molecule has 34 heavy (non-hydrogen) atoms. The van der Waals surface area contributed by atoms with Gasteiger partial charge in [-0.05, 0) is 35.7 Å². The summed E-state index contributed by atoms with van der Waals surface area (Å²) < 4.78 is 28.3. The van der Waals surface area contributed by atoms with Crippen molar-refractivity contribution in [1.82, 2.24) is 18.8 Å². The van der Waals surface area contributed by atoms with Gasteiger partial charge in [0.25, 0.3) is 5.56 Å². The quantitative estimate of drug-likeness (QED) is 0.443. The fourth-order valence-corrected chi connectivity index (χ4v) is 5.16. The van der Waals surface area contributed by atoms with Crippen LogP contribution in [0.15, 0.2) is 76.8 Å². The first-order valence-electron chi connectivity index (χ1n) is 11.2. The molecule has 1 amide bonds. The van der Waals surface area contributed by atoms with E-state index < -0.39 is 15.6 Å². The van der Waals surface area contributed by atoms with Gasteiger partial charge in [0, 0.05) is 50.8 Å². The summed E-state index contributed by atoms with van der Waals surface area (Å²) in [6, 6.07) is 14.0. The van der Waals surface area contributed by atoms with E-state index in [1.807, 2.05) is 37.3 Å². The second-order valence-corrected chi connectivity index (χ2v) is 9.90. The van der Waals surface area contributed by atoms with Crippen LogP contribution in [0.1, 0.15) is 30.5 Å². The van der Waals surface area contributed by atoms with Crippen molar-refractivity contribution in [2.75, 3.05) is 13.1 Å². The number of amides is 1. The van der Waals surface area contributed by atoms with E-state index in [1.54, 1.807) is 37.2 Å². The van der Waals surface area contributed by atoms with E-state index in [0.29, 0.717) is 26.2 Å². The summed E-state index contributed by atoms with van der Waals surface area (Å²) in [6.07, 6.45) is 4.61. The van der Waals surface area contributed by atoms with Gasteiger partial charge in [-0.3, -0.25) is 14.6 Å². The summed E-state index contributed by atoms with van der Waals surface area (Å²) in [5.74, 6) is -0.299. The van der Waals surface area contributed by atoms with Gasteiger partial charge in [0.05, 0.1) is 4.90 Å². The molecule has 0 aliphatic heterocycles. The standard InChI is InChI=1S/C25H30N4O4S/c1-4-29(5-2)34(32,33)23-12-13-24(30)28(18-23)19-25(31)27(16-21-10-8-14-26-15-21)17-22-11-7-6-9-20(22)3/h6-15,18H,4-5,16-17,19H2,1-3H3. The van der Waals surface area contributed by atoms with Crippen LogP contribution in [0.3, 0.4) is 0 Å². The Morgan fingerprint density at radius 1 is 1.00 bits per heavy atom. The van der Waals surface area contributed by atoms with Crippen molar-refractivity contribution in [1.29, 1.82) is 0 Å². The molecule has 0 spiro atoms. The molecular weight excluding hydrogens is 452 g/mol. The van der Waals surface area contributed by atoms with Crippen LogP contribution in [0.25, 0.3) is 0 Å². The molecule has 0 bridgehead atoms. The maximum Gasteiger partial charge on any atom is 0.251 e. The Labute approximate surface area is 200 Å². The van der Waals surface area contributed by atoms with E-state index in [4.69, 9.17) is 0 Å². The number of carbonyl (C=O) groups is 1. The van der Waals surface area contributed by atoms with Crippen molar-refractivity contribution in [3.05, 3.63) is 94.2 Å². The fraction of sp³-hybridized carbons (Fsp3) is 0.320. The zero-order valence-electron chi connectivity index (χ0n) is 19.7. The molecule has 2 heterocycles. The number of rotatable bonds is 10. The van der Waals surface area contributed by atoms with Crippen molar-refractivity contribution >= 4 is 15.9 Å². The molecular formula is C25H30N4O4S. The summed E-state index contributed by atoms with van der Waals surface area (Å²) >= 11 is 0. The lowest BCUT2D eigenvalue weighted by atomic mass is 10.1. The average molecular weight is 483 g/mol. The maximum atomic E-state index is 13.4. The second-order valence-electron chi connectivity index (χ2n) is 7.96. The Morgan fingerprint density at radius 3 is 2.38 bits per heavy atom. The third kappa shape index (κ3) is 5.98. The second kappa shape index (κ2) is 11.2. The third-order valence-electron chi connectivity index (χ3n) is 5.68. The van der Waals surface area contributed by atoms with Crippen LogP contribution in [0.5, 0.6) is 0 Å². The minimum atomic E-state index is -3.76. The van der Waals surface area contributed by atoms with Gasteiger partial charge in [-0.15, -0.1) is 0 Å². The number of hydrogen-bond donors (Lipinski definition) is 0. The van der Waals surface area contributed by atoms with Gasteiger partial charge in [0.1, 0.15) is 6.54 Å². The first kappa shape index (κ1) is 25.3. The minimum absolute atomic E-state index is 0.0127. The first-order chi connectivity index (χ1) is 16.3. The predicted molar refractivity (Wildman–Crippen MR) is 130 cm³/mol. The number of hydrogen-bond acceptors (Lipinski definition) is 5. The molecule has 3 rings (SSSR count). The van der Waals surface area contributed by atoms with Crippen LogP contribution in [0.4, 0.5) is 0 Å². The number of benzene rings is 1. The molecule has 2 aromatic heterocycles. The van der Waals surface area contributed by atoms with Crippen molar-refractivity contribution in [3.8, 4) is 0 Å². The molecule has 3 aromatic rings. The third-order valence-corrected chi connectivity index (χ3v) is 7.71. The van der Waals surface area contributed by atoms with E-state index in [2.05, 4.69) is 4.98 Å². The van der Waals surface area contributed by atoms with Crippen LogP contribution < -0.4 is 5.56 Å². The Morgan fingerprint density at radius 2 is 1.74 bits per heavy atom. The predicted octanol–water partition coefficient (Wildman–Crippen LogP) is 2.81. The van der Waals surface area contributed by atoms with Crippen molar-refractivity contribution < 1.29 is 13.2 Å². The zero-order valence-corrected chi connectivity index (χ0v) is 20.5. The van der Waals surface area contributed by atoms with Crippen molar-refractivity contribution in [2.24, 2.45) is 0 Å². The van der Waals surface area contributed by atoms with Gasteiger partial charge in [-0.2, -0.15) is 4.31 Å².